The highest BCUT2D eigenvalue weighted by molar-refractivity contribution is 5.97. The molecule has 102 valence electrons. The van der Waals surface area contributed by atoms with E-state index in [0.29, 0.717) is 12.1 Å². The minimum Gasteiger partial charge on any atom is -0.409 e. The van der Waals surface area contributed by atoms with Crippen molar-refractivity contribution in [2.75, 3.05) is 0 Å². The molecule has 0 fully saturated rings. The number of oxime groups is 1. The summed E-state index contributed by atoms with van der Waals surface area (Å²) >= 11 is 0. The maximum absolute atomic E-state index is 11.8. The Labute approximate surface area is 115 Å². The van der Waals surface area contributed by atoms with Crippen LogP contribution in [0.3, 0.4) is 0 Å². The SMILES string of the molecule is NC(=NO)c1ccc(CNC(=O)c2cnccn2)cc1. The number of carbonyl (C=O) groups is 1. The standard InChI is InChI=1S/C13H13N5O2/c14-12(18-20)10-3-1-9(2-4-10)7-17-13(19)11-8-15-5-6-16-11/h1-6,8,20H,7H2,(H2,14,18)(H,17,19). The van der Waals surface area contributed by atoms with Crippen molar-refractivity contribution in [3.8, 4) is 0 Å². The third-order valence-electron chi connectivity index (χ3n) is 2.61. The topological polar surface area (TPSA) is 113 Å². The van der Waals surface area contributed by atoms with Crippen molar-refractivity contribution in [1.82, 2.24) is 15.3 Å². The van der Waals surface area contributed by atoms with Gasteiger partial charge in [0.15, 0.2) is 5.84 Å². The average molecular weight is 271 g/mol. The van der Waals surface area contributed by atoms with Gasteiger partial charge in [-0.1, -0.05) is 29.4 Å². The maximum Gasteiger partial charge on any atom is 0.271 e. The second-order valence-electron chi connectivity index (χ2n) is 3.96. The Kier molecular flexibility index (Phi) is 4.23. The summed E-state index contributed by atoms with van der Waals surface area (Å²) in [4.78, 5) is 19.5. The van der Waals surface area contributed by atoms with Crippen molar-refractivity contribution in [3.63, 3.8) is 0 Å². The first kappa shape index (κ1) is 13.5. The van der Waals surface area contributed by atoms with Gasteiger partial charge in [0, 0.05) is 24.5 Å². The molecule has 7 heteroatoms. The summed E-state index contributed by atoms with van der Waals surface area (Å²) in [7, 11) is 0. The summed E-state index contributed by atoms with van der Waals surface area (Å²) in [6.45, 7) is 0.353. The Morgan fingerprint density at radius 2 is 2.05 bits per heavy atom. The molecule has 1 amide bonds. The fourth-order valence-corrected chi connectivity index (χ4v) is 1.54. The molecule has 2 rings (SSSR count). The van der Waals surface area contributed by atoms with Crippen LogP contribution in [0.1, 0.15) is 21.6 Å². The highest BCUT2D eigenvalue weighted by Crippen LogP contribution is 2.04. The minimum absolute atomic E-state index is 0.0418. The first-order chi connectivity index (χ1) is 9.70. The minimum atomic E-state index is -0.293. The molecule has 0 aliphatic heterocycles. The lowest BCUT2D eigenvalue weighted by Crippen LogP contribution is -2.24. The van der Waals surface area contributed by atoms with Gasteiger partial charge in [-0.3, -0.25) is 9.78 Å². The Hall–Kier alpha value is -2.96. The highest BCUT2D eigenvalue weighted by atomic mass is 16.4. The smallest absolute Gasteiger partial charge is 0.271 e. The Morgan fingerprint density at radius 1 is 1.30 bits per heavy atom. The van der Waals surface area contributed by atoms with Gasteiger partial charge in [-0.15, -0.1) is 0 Å². The molecule has 1 aromatic heterocycles. The molecule has 0 atom stereocenters. The van der Waals surface area contributed by atoms with Gasteiger partial charge >= 0.3 is 0 Å². The fourth-order valence-electron chi connectivity index (χ4n) is 1.54. The predicted octanol–water partition coefficient (Wildman–Crippen LogP) is 0.501. The Balaban J connectivity index is 1.96. The van der Waals surface area contributed by atoms with Crippen molar-refractivity contribution in [2.24, 2.45) is 10.9 Å². The monoisotopic (exact) mass is 271 g/mol. The number of amidine groups is 1. The zero-order valence-corrected chi connectivity index (χ0v) is 10.5. The van der Waals surface area contributed by atoms with E-state index in [1.54, 1.807) is 24.3 Å². The van der Waals surface area contributed by atoms with Crippen molar-refractivity contribution in [2.45, 2.75) is 6.54 Å². The third kappa shape index (κ3) is 3.29. The van der Waals surface area contributed by atoms with Crippen LogP contribution in [0.5, 0.6) is 0 Å². The second-order valence-corrected chi connectivity index (χ2v) is 3.96. The van der Waals surface area contributed by atoms with E-state index in [-0.39, 0.29) is 17.4 Å². The summed E-state index contributed by atoms with van der Waals surface area (Å²) in [5, 5.41) is 14.2. The van der Waals surface area contributed by atoms with Crippen LogP contribution in [0.25, 0.3) is 0 Å². The number of hydrogen-bond donors (Lipinski definition) is 3. The summed E-state index contributed by atoms with van der Waals surface area (Å²) in [5.41, 5.74) is 7.22. The highest BCUT2D eigenvalue weighted by Gasteiger charge is 2.06. The van der Waals surface area contributed by atoms with Gasteiger partial charge in [-0.05, 0) is 5.56 Å². The summed E-state index contributed by atoms with van der Waals surface area (Å²) in [6, 6.07) is 6.98. The van der Waals surface area contributed by atoms with Crippen LogP contribution in [0.2, 0.25) is 0 Å². The van der Waals surface area contributed by atoms with Crippen LogP contribution in [0.4, 0.5) is 0 Å². The van der Waals surface area contributed by atoms with Crippen LogP contribution in [-0.2, 0) is 6.54 Å². The second kappa shape index (κ2) is 6.28. The largest absolute Gasteiger partial charge is 0.409 e. The van der Waals surface area contributed by atoms with Gasteiger partial charge in [-0.2, -0.15) is 0 Å². The molecule has 1 aromatic carbocycles. The number of amides is 1. The van der Waals surface area contributed by atoms with Gasteiger partial charge in [-0.25, -0.2) is 4.98 Å². The lowest BCUT2D eigenvalue weighted by atomic mass is 10.1. The summed E-state index contributed by atoms with van der Waals surface area (Å²) in [5.74, 6) is -0.251. The molecule has 0 radical (unpaired) electrons. The van der Waals surface area contributed by atoms with Crippen LogP contribution in [-0.4, -0.2) is 26.9 Å². The number of hydrogen-bond acceptors (Lipinski definition) is 5. The summed E-state index contributed by atoms with van der Waals surface area (Å²) < 4.78 is 0. The van der Waals surface area contributed by atoms with Crippen LogP contribution >= 0.6 is 0 Å². The van der Waals surface area contributed by atoms with Crippen LogP contribution in [0, 0.1) is 0 Å². The number of rotatable bonds is 4. The molecular formula is C13H13N5O2. The molecule has 1 heterocycles. The van der Waals surface area contributed by atoms with E-state index in [1.807, 2.05) is 0 Å². The lowest BCUT2D eigenvalue weighted by molar-refractivity contribution is 0.0945. The molecule has 0 saturated heterocycles. The summed E-state index contributed by atoms with van der Waals surface area (Å²) in [6.07, 6.45) is 4.36. The van der Waals surface area contributed by atoms with Crippen molar-refractivity contribution < 1.29 is 10.0 Å². The van der Waals surface area contributed by atoms with Crippen LogP contribution < -0.4 is 11.1 Å². The fraction of sp³-hybridized carbons (Fsp3) is 0.0769. The molecule has 0 unspecified atom stereocenters. The van der Waals surface area contributed by atoms with Gasteiger partial charge in [0.05, 0.1) is 6.20 Å². The Bertz CT molecular complexity index is 610. The van der Waals surface area contributed by atoms with E-state index in [2.05, 4.69) is 20.4 Å². The van der Waals surface area contributed by atoms with Gasteiger partial charge < -0.3 is 16.3 Å². The van der Waals surface area contributed by atoms with E-state index >= 15 is 0 Å². The molecule has 20 heavy (non-hydrogen) atoms. The average Bonchev–Trinajstić information content (AvgIpc) is 2.53. The van der Waals surface area contributed by atoms with E-state index in [0.717, 1.165) is 5.56 Å². The Morgan fingerprint density at radius 3 is 2.65 bits per heavy atom. The van der Waals surface area contributed by atoms with Crippen molar-refractivity contribution in [3.05, 3.63) is 59.7 Å². The van der Waals surface area contributed by atoms with Gasteiger partial charge in [0.25, 0.3) is 5.91 Å². The van der Waals surface area contributed by atoms with Gasteiger partial charge in [0.1, 0.15) is 5.69 Å². The third-order valence-corrected chi connectivity index (χ3v) is 2.61. The normalized spacial score (nSPS) is 11.1. The number of benzene rings is 1. The number of aromatic nitrogens is 2. The number of nitrogens with two attached hydrogens (primary N) is 1. The maximum atomic E-state index is 11.8. The van der Waals surface area contributed by atoms with E-state index in [4.69, 9.17) is 10.9 Å². The zero-order valence-electron chi connectivity index (χ0n) is 10.5. The van der Waals surface area contributed by atoms with E-state index in [9.17, 15) is 4.79 Å². The molecule has 7 nitrogen and oxygen atoms in total. The molecule has 2 aromatic rings. The van der Waals surface area contributed by atoms with E-state index in [1.165, 1.54) is 18.6 Å². The van der Waals surface area contributed by atoms with Crippen molar-refractivity contribution in [1.29, 1.82) is 0 Å². The van der Waals surface area contributed by atoms with Gasteiger partial charge in [0.2, 0.25) is 0 Å². The molecule has 0 bridgehead atoms. The zero-order chi connectivity index (χ0) is 14.4. The molecule has 0 aliphatic rings. The predicted molar refractivity (Wildman–Crippen MR) is 72.2 cm³/mol. The molecule has 4 N–H and O–H groups in total. The lowest BCUT2D eigenvalue weighted by Gasteiger charge is -2.05. The quantitative estimate of drug-likeness (QED) is 0.324. The van der Waals surface area contributed by atoms with E-state index < -0.39 is 0 Å². The molecule has 0 spiro atoms. The molecule has 0 aliphatic carbocycles. The molecular weight excluding hydrogens is 258 g/mol. The number of carbonyl (C=O) groups excluding carboxylic acids is 1. The van der Waals surface area contributed by atoms with Crippen molar-refractivity contribution >= 4 is 11.7 Å². The first-order valence-corrected chi connectivity index (χ1v) is 5.82. The number of nitrogens with one attached hydrogen (secondary N) is 1. The molecule has 0 saturated carbocycles. The van der Waals surface area contributed by atoms with Crippen LogP contribution in [0.15, 0.2) is 48.0 Å². The first-order valence-electron chi connectivity index (χ1n) is 5.82. The number of nitrogens with zero attached hydrogens (tertiary/aromatic N) is 3.